The first kappa shape index (κ1) is 11.7. The van der Waals surface area contributed by atoms with E-state index in [1.807, 2.05) is 29.6 Å². The Labute approximate surface area is 116 Å². The first-order valence-corrected chi connectivity index (χ1v) is 7.08. The molecule has 0 bridgehead atoms. The molecule has 0 radical (unpaired) electrons. The van der Waals surface area contributed by atoms with Crippen molar-refractivity contribution in [1.82, 2.24) is 0 Å². The number of rotatable bonds is 2. The van der Waals surface area contributed by atoms with Crippen LogP contribution in [0.4, 0.5) is 0 Å². The van der Waals surface area contributed by atoms with Crippen LogP contribution in [-0.4, -0.2) is 0 Å². The molecule has 0 saturated heterocycles. The Morgan fingerprint density at radius 2 is 2.07 bits per heavy atom. The lowest BCUT2D eigenvalue weighted by Gasteiger charge is -2.08. The summed E-state index contributed by atoms with van der Waals surface area (Å²) >= 11 is 16.3. The zero-order valence-electron chi connectivity index (χ0n) is 7.58. The molecule has 2 rings (SSSR count). The molecule has 1 atom stereocenters. The van der Waals surface area contributed by atoms with E-state index < -0.39 is 0 Å². The van der Waals surface area contributed by atoms with Gasteiger partial charge in [0.05, 0.1) is 10.4 Å². The summed E-state index contributed by atoms with van der Waals surface area (Å²) < 4.78 is 1.18. The summed E-state index contributed by atoms with van der Waals surface area (Å²) in [5.41, 5.74) is 1.09. The second kappa shape index (κ2) is 5.04. The van der Waals surface area contributed by atoms with Gasteiger partial charge in [-0.3, -0.25) is 0 Å². The zero-order chi connectivity index (χ0) is 10.8. The van der Waals surface area contributed by atoms with Crippen LogP contribution < -0.4 is 0 Å². The first-order valence-electron chi connectivity index (χ1n) is 4.31. The summed E-state index contributed by atoms with van der Waals surface area (Å²) in [6.45, 7) is 0. The maximum Gasteiger partial charge on any atom is 0.0943 e. The largest absolute Gasteiger partial charge is 0.145 e. The molecule has 0 aliphatic carbocycles. The maximum atomic E-state index is 6.37. The van der Waals surface area contributed by atoms with Gasteiger partial charge in [-0.15, -0.1) is 22.9 Å². The highest BCUT2D eigenvalue weighted by molar-refractivity contribution is 14.1. The Balaban J connectivity index is 2.36. The number of thiophene rings is 1. The second-order valence-corrected chi connectivity index (χ2v) is 6.09. The van der Waals surface area contributed by atoms with Crippen LogP contribution in [0.2, 0.25) is 5.02 Å². The lowest BCUT2D eigenvalue weighted by atomic mass is 10.1. The third kappa shape index (κ3) is 2.67. The molecule has 2 aromatic rings. The highest BCUT2D eigenvalue weighted by Gasteiger charge is 2.15. The molecule has 0 nitrogen and oxygen atoms in total. The van der Waals surface area contributed by atoms with Gasteiger partial charge in [0.25, 0.3) is 0 Å². The molecule has 1 aromatic carbocycles. The molecular weight excluding hydrogens is 362 g/mol. The van der Waals surface area contributed by atoms with Crippen LogP contribution in [0.15, 0.2) is 35.7 Å². The Kier molecular flexibility index (Phi) is 3.93. The number of halogens is 3. The zero-order valence-corrected chi connectivity index (χ0v) is 12.1. The minimum Gasteiger partial charge on any atom is -0.145 e. The van der Waals surface area contributed by atoms with Crippen molar-refractivity contribution in [3.63, 3.8) is 0 Å². The Morgan fingerprint density at radius 3 is 2.67 bits per heavy atom. The topological polar surface area (TPSA) is 0 Å². The SMILES string of the molecule is Clc1ccsc1C(Cl)c1cccc(I)c1. The molecule has 0 saturated carbocycles. The van der Waals surface area contributed by atoms with E-state index >= 15 is 0 Å². The van der Waals surface area contributed by atoms with Crippen molar-refractivity contribution < 1.29 is 0 Å². The molecule has 0 N–H and O–H groups in total. The molecule has 0 fully saturated rings. The predicted octanol–water partition coefficient (Wildman–Crippen LogP) is 5.33. The second-order valence-electron chi connectivity index (χ2n) is 3.05. The van der Waals surface area contributed by atoms with Crippen molar-refractivity contribution in [1.29, 1.82) is 0 Å². The van der Waals surface area contributed by atoms with E-state index in [0.29, 0.717) is 0 Å². The summed E-state index contributed by atoms with van der Waals surface area (Å²) in [5, 5.41) is 2.56. The fourth-order valence-corrected chi connectivity index (χ4v) is 3.50. The minimum atomic E-state index is -0.146. The molecule has 78 valence electrons. The molecule has 0 amide bonds. The molecule has 1 aromatic heterocycles. The maximum absolute atomic E-state index is 6.37. The van der Waals surface area contributed by atoms with Gasteiger partial charge in [0.2, 0.25) is 0 Å². The van der Waals surface area contributed by atoms with Gasteiger partial charge in [-0.05, 0) is 51.7 Å². The molecule has 4 heteroatoms. The highest BCUT2D eigenvalue weighted by atomic mass is 127. The van der Waals surface area contributed by atoms with Crippen LogP contribution in [0.3, 0.4) is 0 Å². The van der Waals surface area contributed by atoms with Crippen molar-refractivity contribution in [2.75, 3.05) is 0 Å². The minimum absolute atomic E-state index is 0.146. The summed E-state index contributed by atoms with van der Waals surface area (Å²) in [4.78, 5) is 1.01. The normalized spacial score (nSPS) is 12.7. The molecule has 1 unspecified atom stereocenters. The van der Waals surface area contributed by atoms with Crippen molar-refractivity contribution in [3.8, 4) is 0 Å². The van der Waals surface area contributed by atoms with Crippen LogP contribution in [0.1, 0.15) is 15.8 Å². The third-order valence-corrected chi connectivity index (χ3v) is 4.71. The van der Waals surface area contributed by atoms with Crippen LogP contribution in [0, 0.1) is 3.57 Å². The van der Waals surface area contributed by atoms with E-state index in [2.05, 4.69) is 28.7 Å². The Bertz CT molecular complexity index is 467. The average Bonchev–Trinajstić information content (AvgIpc) is 2.63. The number of hydrogen-bond acceptors (Lipinski definition) is 1. The monoisotopic (exact) mass is 368 g/mol. The van der Waals surface area contributed by atoms with E-state index in [4.69, 9.17) is 23.2 Å². The quantitative estimate of drug-likeness (QED) is 0.496. The Hall–Kier alpha value is 0.230. The molecule has 15 heavy (non-hydrogen) atoms. The number of alkyl halides is 1. The lowest BCUT2D eigenvalue weighted by molar-refractivity contribution is 1.18. The number of benzene rings is 1. The van der Waals surface area contributed by atoms with E-state index in [1.54, 1.807) is 11.3 Å². The van der Waals surface area contributed by atoms with E-state index in [-0.39, 0.29) is 5.38 Å². The summed E-state index contributed by atoms with van der Waals surface area (Å²) in [6.07, 6.45) is 0. The summed E-state index contributed by atoms with van der Waals surface area (Å²) in [7, 11) is 0. The van der Waals surface area contributed by atoms with Gasteiger partial charge >= 0.3 is 0 Å². The average molecular weight is 369 g/mol. The standard InChI is InChI=1S/C11H7Cl2IS/c12-9-4-5-15-11(9)10(13)7-2-1-3-8(14)6-7/h1-6,10H. The van der Waals surface area contributed by atoms with Crippen LogP contribution in [0.5, 0.6) is 0 Å². The van der Waals surface area contributed by atoms with Gasteiger partial charge in [0.1, 0.15) is 0 Å². The highest BCUT2D eigenvalue weighted by Crippen LogP contribution is 2.37. The first-order chi connectivity index (χ1) is 7.18. The molecule has 1 heterocycles. The smallest absolute Gasteiger partial charge is 0.0943 e. The predicted molar refractivity (Wildman–Crippen MR) is 76.2 cm³/mol. The van der Waals surface area contributed by atoms with Crippen molar-refractivity contribution in [3.05, 3.63) is 54.7 Å². The third-order valence-electron chi connectivity index (χ3n) is 2.02. The van der Waals surface area contributed by atoms with Crippen LogP contribution >= 0.6 is 57.1 Å². The van der Waals surface area contributed by atoms with Gasteiger partial charge < -0.3 is 0 Å². The van der Waals surface area contributed by atoms with Crippen molar-refractivity contribution in [2.24, 2.45) is 0 Å². The van der Waals surface area contributed by atoms with E-state index in [9.17, 15) is 0 Å². The van der Waals surface area contributed by atoms with E-state index in [0.717, 1.165) is 15.5 Å². The number of hydrogen-bond donors (Lipinski definition) is 0. The molecule has 0 spiro atoms. The van der Waals surface area contributed by atoms with E-state index in [1.165, 1.54) is 3.57 Å². The van der Waals surface area contributed by atoms with Gasteiger partial charge in [-0.1, -0.05) is 23.7 Å². The summed E-state index contributed by atoms with van der Waals surface area (Å²) in [6, 6.07) is 10.0. The lowest BCUT2D eigenvalue weighted by Crippen LogP contribution is -1.91. The molecule has 0 aliphatic heterocycles. The van der Waals surface area contributed by atoms with Gasteiger partial charge in [-0.2, -0.15) is 0 Å². The van der Waals surface area contributed by atoms with Crippen molar-refractivity contribution >= 4 is 57.1 Å². The molecule has 0 aliphatic rings. The van der Waals surface area contributed by atoms with Crippen LogP contribution in [0.25, 0.3) is 0 Å². The van der Waals surface area contributed by atoms with Gasteiger partial charge in [-0.25, -0.2) is 0 Å². The fraction of sp³-hybridized carbons (Fsp3) is 0.0909. The van der Waals surface area contributed by atoms with Gasteiger partial charge in [0, 0.05) is 8.45 Å². The van der Waals surface area contributed by atoms with Crippen LogP contribution in [-0.2, 0) is 0 Å². The fourth-order valence-electron chi connectivity index (χ4n) is 1.30. The molecular formula is C11H7Cl2IS. The van der Waals surface area contributed by atoms with Crippen molar-refractivity contribution in [2.45, 2.75) is 5.38 Å². The Morgan fingerprint density at radius 1 is 1.27 bits per heavy atom. The summed E-state index contributed by atoms with van der Waals surface area (Å²) in [5.74, 6) is 0. The van der Waals surface area contributed by atoms with Gasteiger partial charge in [0.15, 0.2) is 0 Å².